The van der Waals surface area contributed by atoms with Crippen molar-refractivity contribution in [3.63, 3.8) is 0 Å². The van der Waals surface area contributed by atoms with Gasteiger partial charge in [0, 0.05) is 35.9 Å². The topological polar surface area (TPSA) is 146 Å². The molecule has 12 nitrogen and oxygen atoms in total. The second-order valence-electron chi connectivity index (χ2n) is 18.1. The third kappa shape index (κ3) is 6.82. The Balaban J connectivity index is 0.957. The fourth-order valence-corrected chi connectivity index (χ4v) is 9.80. The Morgan fingerprint density at radius 3 is 2.40 bits per heavy atom. The number of H-pyrrole nitrogens is 2. The first kappa shape index (κ1) is 38.3. The summed E-state index contributed by atoms with van der Waals surface area (Å²) in [5, 5.41) is 4.92. The van der Waals surface area contributed by atoms with Gasteiger partial charge in [-0.05, 0) is 84.1 Å². The minimum Gasteiger partial charge on any atom is -0.453 e. The first-order valence-corrected chi connectivity index (χ1v) is 21.1. The standard InChI is InChI=1S/C46H55N7O5/c1-25(2)27(5)43(54)53-36-19-32(36)20-37(53)41-47-22-35(49-41)29-10-8-28(9-11-29)30-12-14-33-31(18-30)13-15-34-40(33)50-42(48-34)38-21-46(16-7-17-58-24-46)23-52(38)44(55)39(26(3)4)51-45(56)57-6/h8-15,18,22,25-27,32,36-39H,7,16-17,19-21,23-24H2,1-6H3,(H,47,49)(H,48,50)(H,51,56)/t27-,32-,36-,37-,38-,39-,46-/m0/s1. The zero-order valence-electron chi connectivity index (χ0n) is 34.4. The SMILES string of the molecule is COC(=O)N[C@H](C(=O)N1C[C@]2(CCCOC2)C[C@H]1c1nc2ccc3cc(-c4ccc(-c5cnc([C@@H]6C[C@@H]7C[C@@H]7N6C(=O)[C@@H](C)C(C)C)[nH]5)cc4)ccc3c2[nH]1)C(C)C. The number of imidazole rings is 2. The molecule has 12 heteroatoms. The molecule has 3 saturated heterocycles. The van der Waals surface area contributed by atoms with Crippen LogP contribution in [-0.2, 0) is 19.1 Å². The maximum absolute atomic E-state index is 14.2. The van der Waals surface area contributed by atoms with E-state index in [1.807, 2.05) is 37.9 Å². The van der Waals surface area contributed by atoms with E-state index in [1.165, 1.54) is 7.11 Å². The third-order valence-corrected chi connectivity index (χ3v) is 13.6. The Kier molecular flexibility index (Phi) is 9.81. The molecule has 304 valence electrons. The lowest BCUT2D eigenvalue weighted by atomic mass is 9.80. The number of carbonyl (C=O) groups excluding carboxylic acids is 3. The van der Waals surface area contributed by atoms with Crippen LogP contribution in [0.4, 0.5) is 4.79 Å². The van der Waals surface area contributed by atoms with Gasteiger partial charge in [-0.25, -0.2) is 14.8 Å². The van der Waals surface area contributed by atoms with Crippen molar-refractivity contribution in [2.24, 2.45) is 29.1 Å². The lowest BCUT2D eigenvalue weighted by molar-refractivity contribution is -0.138. The summed E-state index contributed by atoms with van der Waals surface area (Å²) in [5.41, 5.74) is 5.82. The number of hydrogen-bond donors (Lipinski definition) is 3. The summed E-state index contributed by atoms with van der Waals surface area (Å²) >= 11 is 0. The van der Waals surface area contributed by atoms with E-state index < -0.39 is 12.1 Å². The number of benzene rings is 3. The summed E-state index contributed by atoms with van der Waals surface area (Å²) in [5.74, 6) is 2.49. The van der Waals surface area contributed by atoms with Crippen molar-refractivity contribution in [3.05, 3.63) is 72.4 Å². The Morgan fingerprint density at radius 2 is 1.67 bits per heavy atom. The van der Waals surface area contributed by atoms with E-state index in [9.17, 15) is 14.4 Å². The maximum atomic E-state index is 14.2. The number of piperidine rings is 1. The van der Waals surface area contributed by atoms with Crippen LogP contribution in [0.3, 0.4) is 0 Å². The molecule has 4 aliphatic rings. The molecule has 7 atom stereocenters. The number of fused-ring (bicyclic) bond motifs is 4. The molecule has 5 heterocycles. The fourth-order valence-electron chi connectivity index (χ4n) is 9.80. The van der Waals surface area contributed by atoms with Crippen LogP contribution in [0, 0.1) is 29.1 Å². The average Bonchev–Trinajstić information content (AvgIpc) is 3.66. The van der Waals surface area contributed by atoms with Crippen LogP contribution in [0.15, 0.2) is 60.8 Å². The molecule has 1 aliphatic carbocycles. The Labute approximate surface area is 339 Å². The van der Waals surface area contributed by atoms with Gasteiger partial charge >= 0.3 is 6.09 Å². The van der Waals surface area contributed by atoms with Gasteiger partial charge < -0.3 is 34.6 Å². The number of aromatic nitrogens is 4. The zero-order valence-corrected chi connectivity index (χ0v) is 34.4. The van der Waals surface area contributed by atoms with Gasteiger partial charge in [-0.15, -0.1) is 0 Å². The van der Waals surface area contributed by atoms with Gasteiger partial charge in [0.05, 0.1) is 48.7 Å². The predicted octanol–water partition coefficient (Wildman–Crippen LogP) is 8.18. The first-order chi connectivity index (χ1) is 27.9. The van der Waals surface area contributed by atoms with Crippen molar-refractivity contribution in [3.8, 4) is 22.4 Å². The molecule has 3 aromatic carbocycles. The van der Waals surface area contributed by atoms with Crippen molar-refractivity contribution in [2.75, 3.05) is 26.9 Å². The number of amides is 3. The highest BCUT2D eigenvalue weighted by molar-refractivity contribution is 6.05. The predicted molar refractivity (Wildman–Crippen MR) is 222 cm³/mol. The molecule has 0 radical (unpaired) electrons. The molecule has 3 amide bonds. The first-order valence-electron chi connectivity index (χ1n) is 21.1. The largest absolute Gasteiger partial charge is 0.453 e. The van der Waals surface area contributed by atoms with Crippen LogP contribution in [0.5, 0.6) is 0 Å². The second kappa shape index (κ2) is 14.9. The summed E-state index contributed by atoms with van der Waals surface area (Å²) in [6.45, 7) is 12.0. The number of ether oxygens (including phenoxy) is 2. The summed E-state index contributed by atoms with van der Waals surface area (Å²) in [6.07, 6.45) is 6.02. The van der Waals surface area contributed by atoms with E-state index in [0.29, 0.717) is 31.0 Å². The van der Waals surface area contributed by atoms with E-state index in [4.69, 9.17) is 19.4 Å². The van der Waals surface area contributed by atoms with Gasteiger partial charge in [0.25, 0.3) is 0 Å². The number of likely N-dealkylation sites (tertiary alicyclic amines) is 2. The normalized spacial score (nSPS) is 25.2. The minimum absolute atomic E-state index is 0.00582. The Morgan fingerprint density at radius 1 is 0.897 bits per heavy atom. The number of aromatic amines is 2. The molecule has 1 saturated carbocycles. The van der Waals surface area contributed by atoms with Crippen LogP contribution in [0.1, 0.15) is 90.5 Å². The van der Waals surface area contributed by atoms with Gasteiger partial charge in [-0.2, -0.15) is 0 Å². The lowest BCUT2D eigenvalue weighted by Gasteiger charge is -2.33. The minimum atomic E-state index is -0.729. The van der Waals surface area contributed by atoms with E-state index in [-0.39, 0.29) is 41.1 Å². The van der Waals surface area contributed by atoms with Crippen LogP contribution >= 0.6 is 0 Å². The highest BCUT2D eigenvalue weighted by Gasteiger charge is 2.56. The maximum Gasteiger partial charge on any atom is 0.407 e. The van der Waals surface area contributed by atoms with Crippen LogP contribution in [0.2, 0.25) is 0 Å². The summed E-state index contributed by atoms with van der Waals surface area (Å²) < 4.78 is 10.8. The van der Waals surface area contributed by atoms with Crippen LogP contribution in [-0.4, -0.2) is 86.6 Å². The molecule has 3 aliphatic heterocycles. The molecule has 5 aromatic rings. The van der Waals surface area contributed by atoms with Crippen molar-refractivity contribution in [2.45, 2.75) is 90.9 Å². The monoisotopic (exact) mass is 785 g/mol. The van der Waals surface area contributed by atoms with E-state index >= 15 is 0 Å². The molecule has 1 spiro atoms. The van der Waals surface area contributed by atoms with Gasteiger partial charge in [0.2, 0.25) is 11.8 Å². The van der Waals surface area contributed by atoms with E-state index in [1.54, 1.807) is 0 Å². The molecule has 58 heavy (non-hydrogen) atoms. The smallest absolute Gasteiger partial charge is 0.407 e. The highest BCUT2D eigenvalue weighted by atomic mass is 16.5. The Hall–Kier alpha value is -5.23. The molecule has 4 fully saturated rings. The number of nitrogens with zero attached hydrogens (tertiary/aromatic N) is 4. The summed E-state index contributed by atoms with van der Waals surface area (Å²) in [6, 6.07) is 18.5. The number of carbonyl (C=O) groups is 3. The molecule has 9 rings (SSSR count). The van der Waals surface area contributed by atoms with E-state index in [2.05, 4.69) is 82.6 Å². The van der Waals surface area contributed by atoms with Crippen LogP contribution in [0.25, 0.3) is 44.2 Å². The lowest BCUT2D eigenvalue weighted by Crippen LogP contribution is -2.51. The summed E-state index contributed by atoms with van der Waals surface area (Å²) in [7, 11) is 1.31. The van der Waals surface area contributed by atoms with Crippen molar-refractivity contribution >= 4 is 39.7 Å². The van der Waals surface area contributed by atoms with Gasteiger partial charge in [-0.1, -0.05) is 77.1 Å². The number of alkyl carbamates (subject to hydrolysis) is 1. The molecular weight excluding hydrogens is 731 g/mol. The molecular formula is C46H55N7O5. The van der Waals surface area contributed by atoms with Crippen molar-refractivity contribution in [1.82, 2.24) is 35.1 Å². The molecule has 0 unspecified atom stereocenters. The van der Waals surface area contributed by atoms with Crippen molar-refractivity contribution in [1.29, 1.82) is 0 Å². The number of rotatable bonds is 9. The Bertz CT molecular complexity index is 2360. The number of methoxy groups -OCH3 is 1. The number of hydrogen-bond acceptors (Lipinski definition) is 7. The van der Waals surface area contributed by atoms with Gasteiger partial charge in [0.15, 0.2) is 0 Å². The zero-order chi connectivity index (χ0) is 40.5. The molecule has 3 N–H and O–H groups in total. The van der Waals surface area contributed by atoms with E-state index in [0.717, 1.165) is 94.5 Å². The number of nitrogens with one attached hydrogen (secondary N) is 3. The van der Waals surface area contributed by atoms with Gasteiger partial charge in [-0.3, -0.25) is 9.59 Å². The average molecular weight is 786 g/mol. The summed E-state index contributed by atoms with van der Waals surface area (Å²) in [4.78, 5) is 61.1. The molecule has 0 bridgehead atoms. The molecule has 2 aromatic heterocycles. The third-order valence-electron chi connectivity index (χ3n) is 13.6. The fraction of sp³-hybridized carbons (Fsp3) is 0.500. The highest BCUT2D eigenvalue weighted by Crippen LogP contribution is 2.54. The second-order valence-corrected chi connectivity index (χ2v) is 18.1. The quantitative estimate of drug-likeness (QED) is 0.137. The van der Waals surface area contributed by atoms with Crippen LogP contribution < -0.4 is 5.32 Å². The van der Waals surface area contributed by atoms with Gasteiger partial charge in [0.1, 0.15) is 17.7 Å². The van der Waals surface area contributed by atoms with Crippen molar-refractivity contribution < 1.29 is 23.9 Å².